The Hall–Kier alpha value is -1.85. The standard InChI is InChI=1S/C22H13BrIN/c23-18-8-5-6-14-12-22-17(13-16(14)18)15-7-1-3-10-20(15)25(22)21-11-4-2-9-19(21)24/h1-13H. The molecule has 0 bridgehead atoms. The summed E-state index contributed by atoms with van der Waals surface area (Å²) < 4.78 is 4.77. The highest BCUT2D eigenvalue weighted by molar-refractivity contribution is 14.1. The lowest BCUT2D eigenvalue weighted by atomic mass is 10.1. The number of hydrogen-bond acceptors (Lipinski definition) is 0. The fourth-order valence-electron chi connectivity index (χ4n) is 3.59. The van der Waals surface area contributed by atoms with Crippen molar-refractivity contribution in [3.63, 3.8) is 0 Å². The van der Waals surface area contributed by atoms with E-state index in [1.807, 2.05) is 0 Å². The molecule has 0 saturated carbocycles. The Morgan fingerprint density at radius 3 is 2.36 bits per heavy atom. The van der Waals surface area contributed by atoms with Crippen LogP contribution in [0.2, 0.25) is 0 Å². The lowest BCUT2D eigenvalue weighted by Gasteiger charge is -2.10. The van der Waals surface area contributed by atoms with Gasteiger partial charge in [0.05, 0.1) is 16.7 Å². The van der Waals surface area contributed by atoms with Crippen LogP contribution in [0, 0.1) is 3.57 Å². The fraction of sp³-hybridized carbons (Fsp3) is 0. The second kappa shape index (κ2) is 5.85. The summed E-state index contributed by atoms with van der Waals surface area (Å²) >= 11 is 6.12. The van der Waals surface area contributed by atoms with E-state index in [9.17, 15) is 0 Å². The van der Waals surface area contributed by atoms with Gasteiger partial charge in [-0.25, -0.2) is 0 Å². The van der Waals surface area contributed by atoms with Crippen LogP contribution in [0.1, 0.15) is 0 Å². The van der Waals surface area contributed by atoms with Gasteiger partial charge in [-0.2, -0.15) is 0 Å². The number of halogens is 2. The van der Waals surface area contributed by atoms with E-state index < -0.39 is 0 Å². The SMILES string of the molecule is Brc1cccc2cc3c(cc12)c1ccccc1n3-c1ccccc1I. The maximum absolute atomic E-state index is 3.70. The minimum absolute atomic E-state index is 1.14. The molecule has 0 fully saturated rings. The molecule has 1 nitrogen and oxygen atoms in total. The van der Waals surface area contributed by atoms with Gasteiger partial charge in [-0.3, -0.25) is 0 Å². The number of rotatable bonds is 1. The highest BCUT2D eigenvalue weighted by atomic mass is 127. The first kappa shape index (κ1) is 15.4. The molecule has 0 saturated heterocycles. The van der Waals surface area contributed by atoms with Gasteiger partial charge in [0.15, 0.2) is 0 Å². The van der Waals surface area contributed by atoms with E-state index in [0.717, 1.165) is 4.47 Å². The van der Waals surface area contributed by atoms with E-state index in [1.165, 1.54) is 41.8 Å². The molecule has 0 amide bonds. The number of nitrogens with zero attached hydrogens (tertiary/aromatic N) is 1. The van der Waals surface area contributed by atoms with E-state index >= 15 is 0 Å². The Kier molecular flexibility index (Phi) is 3.61. The Labute approximate surface area is 167 Å². The van der Waals surface area contributed by atoms with Crippen molar-refractivity contribution in [3.05, 3.63) is 86.9 Å². The van der Waals surface area contributed by atoms with Gasteiger partial charge >= 0.3 is 0 Å². The van der Waals surface area contributed by atoms with E-state index in [4.69, 9.17) is 0 Å². The van der Waals surface area contributed by atoms with Crippen LogP contribution in [0.15, 0.2) is 83.3 Å². The normalized spacial score (nSPS) is 11.6. The summed E-state index contributed by atoms with van der Waals surface area (Å²) in [5, 5.41) is 5.07. The summed E-state index contributed by atoms with van der Waals surface area (Å²) in [5.74, 6) is 0. The van der Waals surface area contributed by atoms with Crippen molar-refractivity contribution in [2.24, 2.45) is 0 Å². The van der Waals surface area contributed by atoms with Crippen LogP contribution in [-0.4, -0.2) is 4.57 Å². The van der Waals surface area contributed by atoms with Crippen LogP contribution in [0.5, 0.6) is 0 Å². The molecule has 4 aromatic carbocycles. The second-order valence-corrected chi connectivity index (χ2v) is 8.15. The van der Waals surface area contributed by atoms with Gasteiger partial charge in [-0.05, 0) is 69.8 Å². The molecule has 5 aromatic rings. The number of hydrogen-bond donors (Lipinski definition) is 0. The molecule has 120 valence electrons. The van der Waals surface area contributed by atoms with E-state index in [1.54, 1.807) is 0 Å². The Morgan fingerprint density at radius 2 is 1.48 bits per heavy atom. The van der Waals surface area contributed by atoms with Gasteiger partial charge in [0.2, 0.25) is 0 Å². The Balaban J connectivity index is 2.04. The van der Waals surface area contributed by atoms with Gasteiger partial charge < -0.3 is 4.57 Å². The van der Waals surface area contributed by atoms with E-state index in [0.29, 0.717) is 0 Å². The maximum Gasteiger partial charge on any atom is 0.0595 e. The van der Waals surface area contributed by atoms with Crippen molar-refractivity contribution in [3.8, 4) is 5.69 Å². The quantitative estimate of drug-likeness (QED) is 0.214. The van der Waals surface area contributed by atoms with Crippen LogP contribution in [0.4, 0.5) is 0 Å². The molecule has 1 aromatic heterocycles. The summed E-state index contributed by atoms with van der Waals surface area (Å²) in [5.41, 5.74) is 3.72. The first-order chi connectivity index (χ1) is 12.2. The van der Waals surface area contributed by atoms with Crippen LogP contribution < -0.4 is 0 Å². The van der Waals surface area contributed by atoms with Crippen LogP contribution >= 0.6 is 38.5 Å². The van der Waals surface area contributed by atoms with Gasteiger partial charge in [-0.1, -0.05) is 58.4 Å². The molecule has 0 unspecified atom stereocenters. The fourth-order valence-corrected chi connectivity index (χ4v) is 4.72. The van der Waals surface area contributed by atoms with Gasteiger partial charge in [-0.15, -0.1) is 0 Å². The maximum atomic E-state index is 3.70. The first-order valence-electron chi connectivity index (χ1n) is 8.10. The molecule has 25 heavy (non-hydrogen) atoms. The monoisotopic (exact) mass is 497 g/mol. The van der Waals surface area contributed by atoms with Crippen LogP contribution in [0.3, 0.4) is 0 Å². The topological polar surface area (TPSA) is 4.93 Å². The lowest BCUT2D eigenvalue weighted by molar-refractivity contribution is 1.17. The lowest BCUT2D eigenvalue weighted by Crippen LogP contribution is -1.96. The third-order valence-corrected chi connectivity index (χ3v) is 6.32. The molecule has 0 aliphatic carbocycles. The summed E-state index contributed by atoms with van der Waals surface area (Å²) in [7, 11) is 0. The highest BCUT2D eigenvalue weighted by Gasteiger charge is 2.14. The predicted octanol–water partition coefficient (Wildman–Crippen LogP) is 7.30. The van der Waals surface area contributed by atoms with Crippen molar-refractivity contribution in [1.82, 2.24) is 4.57 Å². The van der Waals surface area contributed by atoms with E-state index in [2.05, 4.69) is 122 Å². The largest absolute Gasteiger partial charge is 0.308 e. The number of aromatic nitrogens is 1. The zero-order valence-electron chi connectivity index (χ0n) is 13.2. The van der Waals surface area contributed by atoms with Crippen molar-refractivity contribution in [2.45, 2.75) is 0 Å². The number of fused-ring (bicyclic) bond motifs is 4. The van der Waals surface area contributed by atoms with Crippen LogP contribution in [0.25, 0.3) is 38.3 Å². The molecular formula is C22H13BrIN. The highest BCUT2D eigenvalue weighted by Crippen LogP contribution is 2.37. The average Bonchev–Trinajstić information content (AvgIpc) is 2.95. The average molecular weight is 498 g/mol. The Morgan fingerprint density at radius 1 is 0.680 bits per heavy atom. The number of para-hydroxylation sites is 2. The molecule has 0 aliphatic heterocycles. The molecular weight excluding hydrogens is 485 g/mol. The second-order valence-electron chi connectivity index (χ2n) is 6.13. The van der Waals surface area contributed by atoms with Crippen molar-refractivity contribution in [2.75, 3.05) is 0 Å². The molecule has 0 N–H and O–H groups in total. The van der Waals surface area contributed by atoms with Gasteiger partial charge in [0, 0.05) is 18.8 Å². The zero-order chi connectivity index (χ0) is 17.0. The van der Waals surface area contributed by atoms with Crippen LogP contribution in [-0.2, 0) is 0 Å². The van der Waals surface area contributed by atoms with Gasteiger partial charge in [0.1, 0.15) is 0 Å². The predicted molar refractivity (Wildman–Crippen MR) is 119 cm³/mol. The summed E-state index contributed by atoms with van der Waals surface area (Å²) in [6, 6.07) is 28.2. The molecule has 1 heterocycles. The summed E-state index contributed by atoms with van der Waals surface area (Å²) in [6.07, 6.45) is 0. The molecule has 0 aliphatic rings. The molecule has 0 spiro atoms. The van der Waals surface area contributed by atoms with Crippen molar-refractivity contribution >= 4 is 71.1 Å². The van der Waals surface area contributed by atoms with Crippen molar-refractivity contribution in [1.29, 1.82) is 0 Å². The number of benzene rings is 4. The molecule has 0 atom stereocenters. The third kappa shape index (κ3) is 2.33. The minimum atomic E-state index is 1.14. The summed E-state index contributed by atoms with van der Waals surface area (Å²) in [4.78, 5) is 0. The zero-order valence-corrected chi connectivity index (χ0v) is 17.0. The third-order valence-electron chi connectivity index (χ3n) is 4.71. The van der Waals surface area contributed by atoms with Crippen molar-refractivity contribution < 1.29 is 0 Å². The molecule has 0 radical (unpaired) electrons. The Bertz CT molecular complexity index is 1270. The molecule has 3 heteroatoms. The first-order valence-corrected chi connectivity index (χ1v) is 9.97. The molecule has 5 rings (SSSR count). The van der Waals surface area contributed by atoms with Gasteiger partial charge in [0.25, 0.3) is 0 Å². The summed E-state index contributed by atoms with van der Waals surface area (Å²) in [6.45, 7) is 0. The van der Waals surface area contributed by atoms with E-state index in [-0.39, 0.29) is 0 Å². The minimum Gasteiger partial charge on any atom is -0.308 e. The smallest absolute Gasteiger partial charge is 0.0595 e.